The molecule has 1 N–H and O–H groups in total. The monoisotopic (exact) mass is 269 g/mol. The Bertz CT molecular complexity index is 596. The summed E-state index contributed by atoms with van der Waals surface area (Å²) in [5.41, 5.74) is 0.772. The maximum absolute atomic E-state index is 12.3. The number of hydrogen-bond donors (Lipinski definition) is 1. The van der Waals surface area contributed by atoms with Gasteiger partial charge in [-0.3, -0.25) is 0 Å². The minimum Gasteiger partial charge on any atom is -0.486 e. The molecule has 5 nitrogen and oxygen atoms in total. The summed E-state index contributed by atoms with van der Waals surface area (Å²) in [6.07, 6.45) is 0. The molecule has 0 radical (unpaired) electrons. The quantitative estimate of drug-likeness (QED) is 0.820. The Kier molecular flexibility index (Phi) is 2.53. The summed E-state index contributed by atoms with van der Waals surface area (Å²) in [7, 11) is -1.51. The second-order valence-electron chi connectivity index (χ2n) is 4.55. The molecule has 1 aromatic rings. The molecule has 6 heteroatoms. The molecular formula is C12H15NO4S. The van der Waals surface area contributed by atoms with Gasteiger partial charge in [0.15, 0.2) is 21.3 Å². The molecule has 18 heavy (non-hydrogen) atoms. The molecule has 0 amide bonds. The molecular weight excluding hydrogens is 254 g/mol. The van der Waals surface area contributed by atoms with E-state index in [-0.39, 0.29) is 6.04 Å². The second kappa shape index (κ2) is 3.86. The van der Waals surface area contributed by atoms with Crippen LogP contribution >= 0.6 is 0 Å². The van der Waals surface area contributed by atoms with Crippen LogP contribution in [0.2, 0.25) is 0 Å². The Labute approximate surface area is 106 Å². The summed E-state index contributed by atoms with van der Waals surface area (Å²) in [5, 5.41) is 2.59. The van der Waals surface area contributed by atoms with Crippen molar-refractivity contribution < 1.29 is 17.9 Å². The molecule has 0 aliphatic carbocycles. The molecule has 2 aliphatic heterocycles. The summed E-state index contributed by atoms with van der Waals surface area (Å²) >= 11 is 0. The van der Waals surface area contributed by atoms with Gasteiger partial charge in [0.2, 0.25) is 0 Å². The third kappa shape index (κ3) is 1.45. The number of hydrogen-bond acceptors (Lipinski definition) is 5. The summed E-state index contributed by atoms with van der Waals surface area (Å²) in [6, 6.07) is 3.18. The van der Waals surface area contributed by atoms with Gasteiger partial charge < -0.3 is 14.8 Å². The third-order valence-electron chi connectivity index (χ3n) is 3.59. The first-order chi connectivity index (χ1) is 8.55. The van der Waals surface area contributed by atoms with Crippen molar-refractivity contribution in [3.05, 3.63) is 17.7 Å². The average Bonchev–Trinajstić information content (AvgIpc) is 2.55. The highest BCUT2D eigenvalue weighted by molar-refractivity contribution is 7.92. The van der Waals surface area contributed by atoms with Crippen LogP contribution in [0.3, 0.4) is 0 Å². The lowest BCUT2D eigenvalue weighted by Crippen LogP contribution is -2.26. The third-order valence-corrected chi connectivity index (χ3v) is 5.80. The van der Waals surface area contributed by atoms with Crippen molar-refractivity contribution in [1.82, 2.24) is 5.32 Å². The summed E-state index contributed by atoms with van der Waals surface area (Å²) in [6.45, 7) is 2.67. The van der Waals surface area contributed by atoms with Gasteiger partial charge in [0.05, 0.1) is 16.2 Å². The number of nitrogens with one attached hydrogen (secondary N) is 1. The van der Waals surface area contributed by atoms with E-state index in [1.807, 2.05) is 0 Å². The van der Waals surface area contributed by atoms with Crippen LogP contribution < -0.4 is 14.8 Å². The van der Waals surface area contributed by atoms with Crippen molar-refractivity contribution in [1.29, 1.82) is 0 Å². The number of sulfone groups is 1. The molecule has 0 saturated heterocycles. The Balaban J connectivity index is 2.23. The average molecular weight is 269 g/mol. The van der Waals surface area contributed by atoms with Gasteiger partial charge in [0.1, 0.15) is 13.2 Å². The van der Waals surface area contributed by atoms with Crippen LogP contribution in [0.25, 0.3) is 0 Å². The van der Waals surface area contributed by atoms with E-state index < -0.39 is 15.1 Å². The van der Waals surface area contributed by atoms with Crippen LogP contribution in [0.4, 0.5) is 0 Å². The molecule has 0 spiro atoms. The van der Waals surface area contributed by atoms with Gasteiger partial charge >= 0.3 is 0 Å². The fourth-order valence-electron chi connectivity index (χ4n) is 2.60. The lowest BCUT2D eigenvalue weighted by molar-refractivity contribution is 0.170. The van der Waals surface area contributed by atoms with Crippen LogP contribution in [0.5, 0.6) is 11.5 Å². The van der Waals surface area contributed by atoms with E-state index in [9.17, 15) is 8.42 Å². The highest BCUT2D eigenvalue weighted by atomic mass is 32.2. The molecule has 3 rings (SSSR count). The van der Waals surface area contributed by atoms with Crippen molar-refractivity contribution in [2.75, 3.05) is 20.3 Å². The topological polar surface area (TPSA) is 64.6 Å². The molecule has 0 saturated carbocycles. The van der Waals surface area contributed by atoms with Gasteiger partial charge in [-0.2, -0.15) is 0 Å². The van der Waals surface area contributed by atoms with E-state index in [1.54, 1.807) is 26.1 Å². The number of rotatable bonds is 1. The highest BCUT2D eigenvalue weighted by Crippen LogP contribution is 2.44. The Morgan fingerprint density at radius 1 is 1.22 bits per heavy atom. The molecule has 0 bridgehead atoms. The molecule has 2 unspecified atom stereocenters. The maximum atomic E-state index is 12.3. The van der Waals surface area contributed by atoms with Crippen molar-refractivity contribution in [3.63, 3.8) is 0 Å². The van der Waals surface area contributed by atoms with E-state index in [0.29, 0.717) is 29.6 Å². The van der Waals surface area contributed by atoms with Gasteiger partial charge in [0, 0.05) is 6.07 Å². The minimum atomic E-state index is -3.28. The van der Waals surface area contributed by atoms with Gasteiger partial charge in [-0.15, -0.1) is 0 Å². The van der Waals surface area contributed by atoms with Crippen LogP contribution in [0.15, 0.2) is 17.0 Å². The Hall–Kier alpha value is -1.27. The zero-order valence-corrected chi connectivity index (χ0v) is 11.1. The van der Waals surface area contributed by atoms with E-state index in [4.69, 9.17) is 9.47 Å². The predicted octanol–water partition coefficient (Wildman–Crippen LogP) is 0.894. The van der Waals surface area contributed by atoms with Gasteiger partial charge in [-0.05, 0) is 25.6 Å². The maximum Gasteiger partial charge on any atom is 0.183 e. The van der Waals surface area contributed by atoms with Crippen molar-refractivity contribution in [3.8, 4) is 11.5 Å². The van der Waals surface area contributed by atoms with E-state index in [2.05, 4.69) is 5.32 Å². The van der Waals surface area contributed by atoms with Crippen molar-refractivity contribution in [2.45, 2.75) is 23.1 Å². The normalized spacial score (nSPS) is 27.9. The minimum absolute atomic E-state index is 0.194. The lowest BCUT2D eigenvalue weighted by atomic mass is 10.0. The zero-order chi connectivity index (χ0) is 12.9. The lowest BCUT2D eigenvalue weighted by Gasteiger charge is -2.20. The zero-order valence-electron chi connectivity index (χ0n) is 10.3. The SMILES string of the molecule is CNC1c2cc3c(cc2S(=O)(=O)C1C)OCCO3. The molecule has 1 aromatic carbocycles. The summed E-state index contributed by atoms with van der Waals surface area (Å²) in [5.74, 6) is 1.15. The number of benzene rings is 1. The van der Waals surface area contributed by atoms with E-state index >= 15 is 0 Å². The van der Waals surface area contributed by atoms with Crippen molar-refractivity contribution in [2.24, 2.45) is 0 Å². The molecule has 2 heterocycles. The molecule has 2 atom stereocenters. The van der Waals surface area contributed by atoms with E-state index in [0.717, 1.165) is 5.56 Å². The van der Waals surface area contributed by atoms with Crippen LogP contribution in [-0.4, -0.2) is 33.9 Å². The first-order valence-electron chi connectivity index (χ1n) is 5.90. The van der Waals surface area contributed by atoms with Crippen LogP contribution in [0.1, 0.15) is 18.5 Å². The fraction of sp³-hybridized carbons (Fsp3) is 0.500. The molecule has 0 aromatic heterocycles. The molecule has 98 valence electrons. The van der Waals surface area contributed by atoms with E-state index in [1.165, 1.54) is 0 Å². The van der Waals surface area contributed by atoms with Gasteiger partial charge in [-0.25, -0.2) is 8.42 Å². The predicted molar refractivity (Wildman–Crippen MR) is 65.9 cm³/mol. The fourth-order valence-corrected chi connectivity index (χ4v) is 4.43. The first kappa shape index (κ1) is 11.8. The van der Waals surface area contributed by atoms with Crippen molar-refractivity contribution >= 4 is 9.84 Å². The Morgan fingerprint density at radius 3 is 2.44 bits per heavy atom. The Morgan fingerprint density at radius 2 is 1.83 bits per heavy atom. The number of ether oxygens (including phenoxy) is 2. The number of fused-ring (bicyclic) bond motifs is 2. The standard InChI is InChI=1S/C12H15NO4S/c1-7-12(13-2)8-5-9-10(17-4-3-16-9)6-11(8)18(7,14)15/h5-7,12-13H,3-4H2,1-2H3. The first-order valence-corrected chi connectivity index (χ1v) is 7.45. The second-order valence-corrected chi connectivity index (χ2v) is 6.82. The van der Waals surface area contributed by atoms with Gasteiger partial charge in [0.25, 0.3) is 0 Å². The summed E-state index contributed by atoms with van der Waals surface area (Å²) in [4.78, 5) is 0.360. The highest BCUT2D eigenvalue weighted by Gasteiger charge is 2.42. The molecule has 2 aliphatic rings. The largest absolute Gasteiger partial charge is 0.486 e. The van der Waals surface area contributed by atoms with Gasteiger partial charge in [-0.1, -0.05) is 0 Å². The van der Waals surface area contributed by atoms with Crippen LogP contribution in [-0.2, 0) is 9.84 Å². The smallest absolute Gasteiger partial charge is 0.183 e. The molecule has 0 fully saturated rings. The van der Waals surface area contributed by atoms with Crippen LogP contribution in [0, 0.1) is 0 Å². The summed E-state index contributed by atoms with van der Waals surface area (Å²) < 4.78 is 35.5.